The molecule has 1 unspecified atom stereocenters. The van der Waals surface area contributed by atoms with E-state index in [-0.39, 0.29) is 11.9 Å². The Balaban J connectivity index is 1.05. The Morgan fingerprint density at radius 2 is 1.92 bits per heavy atom. The van der Waals surface area contributed by atoms with Crippen molar-refractivity contribution >= 4 is 22.9 Å². The highest BCUT2D eigenvalue weighted by molar-refractivity contribution is 7.08. The molecule has 3 aliphatic heterocycles. The predicted octanol–water partition coefficient (Wildman–Crippen LogP) is 5.61. The van der Waals surface area contributed by atoms with Gasteiger partial charge in [0.25, 0.3) is 0 Å². The highest BCUT2D eigenvalue weighted by Gasteiger charge is 2.33. The third kappa shape index (κ3) is 5.74. The number of nitrogens with zero attached hydrogens (tertiary/aromatic N) is 3. The quantitative estimate of drug-likeness (QED) is 0.467. The fraction of sp³-hybridized carbons (Fsp3) is 0.387. The lowest BCUT2D eigenvalue weighted by Crippen LogP contribution is -2.54. The van der Waals surface area contributed by atoms with Crippen molar-refractivity contribution in [3.8, 4) is 0 Å². The average Bonchev–Trinajstić information content (AvgIpc) is 3.47. The highest BCUT2D eigenvalue weighted by Crippen LogP contribution is 2.32. The van der Waals surface area contributed by atoms with Gasteiger partial charge < -0.3 is 19.3 Å². The Labute approximate surface area is 229 Å². The second-order valence-corrected chi connectivity index (χ2v) is 11.2. The first kappa shape index (κ1) is 25.0. The zero-order valence-corrected chi connectivity index (χ0v) is 22.6. The Hall–Kier alpha value is -3.29. The number of carbonyl (C=O) groups is 1. The first-order chi connectivity index (χ1) is 18.7. The molecule has 4 heterocycles. The fourth-order valence-electron chi connectivity index (χ4n) is 5.78. The van der Waals surface area contributed by atoms with Crippen molar-refractivity contribution in [2.75, 3.05) is 37.6 Å². The lowest BCUT2D eigenvalue weighted by molar-refractivity contribution is -0.118. The van der Waals surface area contributed by atoms with Crippen LogP contribution in [-0.4, -0.2) is 54.5 Å². The number of allylic oxidation sites excluding steroid dienone is 4. The Bertz CT molecular complexity index is 1250. The van der Waals surface area contributed by atoms with Crippen LogP contribution in [0, 0.1) is 0 Å². The van der Waals surface area contributed by atoms with Crippen LogP contribution in [-0.2, 0) is 27.1 Å². The molecule has 1 aliphatic carbocycles. The number of piperazine rings is 1. The van der Waals surface area contributed by atoms with Gasteiger partial charge in [-0.1, -0.05) is 42.0 Å². The maximum Gasteiger partial charge on any atom is 0.231 e. The molecular formula is C31H35N3O3S. The number of carbonyl (C=O) groups excluding carboxylic acids is 1. The van der Waals surface area contributed by atoms with Crippen LogP contribution in [0.1, 0.15) is 36.8 Å². The van der Waals surface area contributed by atoms with Gasteiger partial charge in [-0.25, -0.2) is 0 Å². The van der Waals surface area contributed by atoms with Crippen LogP contribution >= 0.6 is 11.3 Å². The number of amides is 1. The number of aryl methyl sites for hydroxylation is 1. The van der Waals surface area contributed by atoms with Gasteiger partial charge in [0.2, 0.25) is 11.8 Å². The monoisotopic (exact) mass is 529 g/mol. The van der Waals surface area contributed by atoms with E-state index in [1.54, 1.807) is 23.9 Å². The summed E-state index contributed by atoms with van der Waals surface area (Å²) >= 11 is 1.65. The van der Waals surface area contributed by atoms with Crippen LogP contribution in [0.4, 0.5) is 5.69 Å². The highest BCUT2D eigenvalue weighted by atomic mass is 32.1. The van der Waals surface area contributed by atoms with Crippen molar-refractivity contribution in [1.82, 2.24) is 9.80 Å². The van der Waals surface area contributed by atoms with Crippen LogP contribution in [0.2, 0.25) is 0 Å². The molecule has 38 heavy (non-hydrogen) atoms. The smallest absolute Gasteiger partial charge is 0.231 e. The summed E-state index contributed by atoms with van der Waals surface area (Å²) in [5.74, 6) is 1.84. The van der Waals surface area contributed by atoms with Crippen LogP contribution in [0.25, 0.3) is 0 Å². The van der Waals surface area contributed by atoms with E-state index in [1.165, 1.54) is 11.1 Å². The van der Waals surface area contributed by atoms with Crippen molar-refractivity contribution in [2.45, 2.75) is 44.6 Å². The van der Waals surface area contributed by atoms with Crippen molar-refractivity contribution in [3.63, 3.8) is 0 Å². The first-order valence-corrected chi connectivity index (χ1v) is 14.6. The number of hydrogen-bond donors (Lipinski definition) is 0. The molecule has 198 valence electrons. The molecule has 6 nitrogen and oxygen atoms in total. The SMILES string of the molecule is O=C(Cc1ccsc1)N1c2ccccc2CCC1CN1CCN(C2=COC(CC3=CC=CCC3)=CO2)CC1. The largest absolute Gasteiger partial charge is 0.460 e. The van der Waals surface area contributed by atoms with Crippen LogP contribution < -0.4 is 4.90 Å². The van der Waals surface area contributed by atoms with Gasteiger partial charge in [-0.2, -0.15) is 11.3 Å². The average molecular weight is 530 g/mol. The molecule has 1 atom stereocenters. The predicted molar refractivity (Wildman–Crippen MR) is 151 cm³/mol. The molecule has 0 radical (unpaired) electrons. The van der Waals surface area contributed by atoms with Crippen molar-refractivity contribution in [2.24, 2.45) is 0 Å². The first-order valence-electron chi connectivity index (χ1n) is 13.7. The number of thiophene rings is 1. The summed E-state index contributed by atoms with van der Waals surface area (Å²) in [4.78, 5) is 20.4. The van der Waals surface area contributed by atoms with Gasteiger partial charge >= 0.3 is 0 Å². The van der Waals surface area contributed by atoms with Gasteiger partial charge in [-0.3, -0.25) is 9.69 Å². The summed E-state index contributed by atoms with van der Waals surface area (Å²) < 4.78 is 11.9. The molecule has 0 spiro atoms. The number of rotatable bonds is 7. The lowest BCUT2D eigenvalue weighted by Gasteiger charge is -2.42. The number of benzene rings is 1. The number of hydrogen-bond acceptors (Lipinski definition) is 6. The summed E-state index contributed by atoms with van der Waals surface area (Å²) in [6.07, 6.45) is 15.5. The molecule has 0 saturated carbocycles. The van der Waals surface area contributed by atoms with Crippen LogP contribution in [0.5, 0.6) is 0 Å². The van der Waals surface area contributed by atoms with E-state index in [9.17, 15) is 4.79 Å². The molecule has 7 heteroatoms. The molecule has 1 aromatic heterocycles. The Morgan fingerprint density at radius 3 is 2.68 bits per heavy atom. The van der Waals surface area contributed by atoms with E-state index in [2.05, 4.69) is 62.6 Å². The molecule has 1 saturated heterocycles. The van der Waals surface area contributed by atoms with Gasteiger partial charge in [-0.05, 0) is 59.7 Å². The minimum absolute atomic E-state index is 0.186. The summed E-state index contributed by atoms with van der Waals surface area (Å²) in [6.45, 7) is 4.50. The lowest BCUT2D eigenvalue weighted by atomic mass is 9.94. The summed E-state index contributed by atoms with van der Waals surface area (Å²) in [7, 11) is 0. The van der Waals surface area contributed by atoms with Gasteiger partial charge in [0.15, 0.2) is 6.26 Å². The molecule has 1 amide bonds. The Kier molecular flexibility index (Phi) is 7.65. The summed E-state index contributed by atoms with van der Waals surface area (Å²) in [5.41, 5.74) is 4.84. The third-order valence-electron chi connectivity index (χ3n) is 7.84. The van der Waals surface area contributed by atoms with Gasteiger partial charge in [0.1, 0.15) is 12.0 Å². The number of anilines is 1. The molecule has 4 aliphatic rings. The molecule has 0 bridgehead atoms. The van der Waals surface area contributed by atoms with Gasteiger partial charge in [0.05, 0.1) is 6.42 Å². The standard InChI is InChI=1S/C31H35N3O3S/c35-30(19-25-12-17-38-23-25)34-27(11-10-26-8-4-5-9-29(26)34)20-32-13-15-33(16-14-32)31-22-36-28(21-37-31)18-24-6-2-1-3-7-24/h1-2,4-6,8-9,12,17,21-23,27H,3,7,10-11,13-16,18-20H2. The minimum Gasteiger partial charge on any atom is -0.460 e. The normalized spacial score (nSPS) is 21.6. The van der Waals surface area contributed by atoms with E-state index < -0.39 is 0 Å². The molecule has 2 aromatic rings. The molecule has 1 fully saturated rings. The number of ether oxygens (including phenoxy) is 2. The van der Waals surface area contributed by atoms with Crippen molar-refractivity contribution < 1.29 is 14.3 Å². The van der Waals surface area contributed by atoms with E-state index in [0.29, 0.717) is 6.42 Å². The Morgan fingerprint density at radius 1 is 1.03 bits per heavy atom. The second-order valence-electron chi connectivity index (χ2n) is 10.4. The molecule has 1 aromatic carbocycles. The zero-order chi connectivity index (χ0) is 25.7. The van der Waals surface area contributed by atoms with E-state index in [1.807, 2.05) is 11.4 Å². The summed E-state index contributed by atoms with van der Waals surface area (Å²) in [6, 6.07) is 10.6. The number of para-hydroxylation sites is 1. The van der Waals surface area contributed by atoms with E-state index >= 15 is 0 Å². The molecular weight excluding hydrogens is 494 g/mol. The second kappa shape index (κ2) is 11.6. The van der Waals surface area contributed by atoms with E-state index in [4.69, 9.17) is 9.47 Å². The van der Waals surface area contributed by atoms with Gasteiger partial charge in [0, 0.05) is 50.9 Å². The van der Waals surface area contributed by atoms with Gasteiger partial charge in [-0.15, -0.1) is 0 Å². The maximum absolute atomic E-state index is 13.5. The zero-order valence-electron chi connectivity index (χ0n) is 21.8. The van der Waals surface area contributed by atoms with Crippen LogP contribution in [0.15, 0.2) is 89.1 Å². The van der Waals surface area contributed by atoms with E-state index in [0.717, 1.165) is 87.7 Å². The van der Waals surface area contributed by atoms with Crippen molar-refractivity contribution in [1.29, 1.82) is 0 Å². The topological polar surface area (TPSA) is 45.3 Å². The third-order valence-corrected chi connectivity index (χ3v) is 8.58. The molecule has 0 N–H and O–H groups in total. The fourth-order valence-corrected chi connectivity index (χ4v) is 6.45. The summed E-state index contributed by atoms with van der Waals surface area (Å²) in [5, 5.41) is 4.12. The van der Waals surface area contributed by atoms with Crippen LogP contribution in [0.3, 0.4) is 0 Å². The van der Waals surface area contributed by atoms with Crippen molar-refractivity contribution in [3.05, 3.63) is 100 Å². The number of fused-ring (bicyclic) bond motifs is 1. The minimum atomic E-state index is 0.186. The molecule has 6 rings (SSSR count). The maximum atomic E-state index is 13.5.